The summed E-state index contributed by atoms with van der Waals surface area (Å²) < 4.78 is 0. The molecule has 1 N–H and O–H groups in total. The second kappa shape index (κ2) is 7.28. The van der Waals surface area contributed by atoms with Crippen LogP contribution in [0.3, 0.4) is 0 Å². The average Bonchev–Trinajstić information content (AvgIpc) is 2.94. The summed E-state index contributed by atoms with van der Waals surface area (Å²) in [5.41, 5.74) is 2.58. The molecule has 1 aliphatic heterocycles. The van der Waals surface area contributed by atoms with Gasteiger partial charge in [0.2, 0.25) is 0 Å². The van der Waals surface area contributed by atoms with Crippen LogP contribution in [-0.2, 0) is 0 Å². The van der Waals surface area contributed by atoms with Crippen molar-refractivity contribution >= 4 is 5.91 Å². The molecule has 112 valence electrons. The molecule has 1 atom stereocenters. The van der Waals surface area contributed by atoms with Gasteiger partial charge >= 0.3 is 0 Å². The van der Waals surface area contributed by atoms with Crippen LogP contribution >= 0.6 is 0 Å². The number of rotatable bonds is 3. The zero-order valence-electron chi connectivity index (χ0n) is 12.9. The van der Waals surface area contributed by atoms with Gasteiger partial charge in [-0.05, 0) is 49.4 Å². The molecule has 1 aromatic carbocycles. The predicted molar refractivity (Wildman–Crippen MR) is 84.1 cm³/mol. The number of likely N-dealkylation sites (tertiary alicyclic amines) is 1. The Morgan fingerprint density at radius 3 is 2.95 bits per heavy atom. The van der Waals surface area contributed by atoms with Crippen LogP contribution in [0.2, 0.25) is 0 Å². The van der Waals surface area contributed by atoms with E-state index in [9.17, 15) is 4.79 Å². The van der Waals surface area contributed by atoms with Crippen LogP contribution in [0.5, 0.6) is 0 Å². The van der Waals surface area contributed by atoms with Crippen LogP contribution < -0.4 is 0 Å². The summed E-state index contributed by atoms with van der Waals surface area (Å²) in [4.78, 5) is 14.5. The summed E-state index contributed by atoms with van der Waals surface area (Å²) in [5, 5.41) is 8.74. The number of hydrogen-bond acceptors (Lipinski definition) is 2. The van der Waals surface area contributed by atoms with E-state index in [1.54, 1.807) is 0 Å². The molecule has 1 fully saturated rings. The van der Waals surface area contributed by atoms with Crippen LogP contribution in [0.4, 0.5) is 0 Å². The van der Waals surface area contributed by atoms with E-state index in [0.717, 1.165) is 36.2 Å². The van der Waals surface area contributed by atoms with Crippen molar-refractivity contribution in [2.75, 3.05) is 19.7 Å². The van der Waals surface area contributed by atoms with E-state index in [-0.39, 0.29) is 12.5 Å². The molecule has 1 aliphatic rings. The minimum absolute atomic E-state index is 0.123. The highest BCUT2D eigenvalue weighted by Crippen LogP contribution is 2.23. The lowest BCUT2D eigenvalue weighted by Crippen LogP contribution is -2.28. The van der Waals surface area contributed by atoms with Gasteiger partial charge in [-0.15, -0.1) is 0 Å². The largest absolute Gasteiger partial charge is 0.384 e. The first kappa shape index (κ1) is 15.6. The Bertz CT molecular complexity index is 568. The summed E-state index contributed by atoms with van der Waals surface area (Å²) in [6.07, 6.45) is 3.52. The molecule has 2 rings (SSSR count). The summed E-state index contributed by atoms with van der Waals surface area (Å²) >= 11 is 0. The highest BCUT2D eigenvalue weighted by atomic mass is 16.2. The Labute approximate surface area is 127 Å². The Morgan fingerprint density at radius 2 is 2.29 bits per heavy atom. The molecule has 1 aromatic rings. The van der Waals surface area contributed by atoms with Crippen molar-refractivity contribution in [2.45, 2.75) is 33.1 Å². The van der Waals surface area contributed by atoms with E-state index >= 15 is 0 Å². The first-order chi connectivity index (χ1) is 10.2. The molecule has 3 heteroatoms. The molecule has 0 spiro atoms. The van der Waals surface area contributed by atoms with Crippen LogP contribution in [0, 0.1) is 24.7 Å². The normalized spacial score (nSPS) is 17.5. The minimum atomic E-state index is -0.146. The van der Waals surface area contributed by atoms with Gasteiger partial charge < -0.3 is 10.0 Å². The molecule has 3 nitrogen and oxygen atoms in total. The molecule has 1 unspecified atom stereocenters. The van der Waals surface area contributed by atoms with E-state index in [1.165, 1.54) is 12.8 Å². The quantitative estimate of drug-likeness (QED) is 0.867. The molecular formula is C18H23NO2. The zero-order chi connectivity index (χ0) is 15.2. The van der Waals surface area contributed by atoms with Crippen molar-refractivity contribution in [1.82, 2.24) is 4.90 Å². The highest BCUT2D eigenvalue weighted by molar-refractivity contribution is 5.94. The Morgan fingerprint density at radius 1 is 1.48 bits per heavy atom. The maximum absolute atomic E-state index is 12.5. The van der Waals surface area contributed by atoms with Crippen molar-refractivity contribution in [1.29, 1.82) is 0 Å². The lowest BCUT2D eigenvalue weighted by molar-refractivity contribution is 0.0786. The van der Waals surface area contributed by atoms with Gasteiger partial charge in [-0.1, -0.05) is 25.2 Å². The second-order valence-corrected chi connectivity index (χ2v) is 5.68. The molecule has 1 amide bonds. The maximum atomic E-state index is 12.5. The summed E-state index contributed by atoms with van der Waals surface area (Å²) in [6, 6.07) is 5.60. The van der Waals surface area contributed by atoms with Gasteiger partial charge in [0.1, 0.15) is 6.61 Å². The summed E-state index contributed by atoms with van der Waals surface area (Å²) in [6.45, 7) is 5.75. The standard InChI is InChI=1S/C18H23NO2/c1-3-5-15-9-10-19(13-15)18(21)17-8-7-16(6-4-11-20)14(2)12-17/h7-8,12,15,20H,3,5,9-11,13H2,1-2H3. The summed E-state index contributed by atoms with van der Waals surface area (Å²) in [5.74, 6) is 6.32. The topological polar surface area (TPSA) is 40.5 Å². The number of aryl methyl sites for hydroxylation is 1. The number of aliphatic hydroxyl groups excluding tert-OH is 1. The predicted octanol–water partition coefficient (Wildman–Crippen LogP) is 2.60. The number of amides is 1. The van der Waals surface area contributed by atoms with Crippen molar-refractivity contribution in [3.05, 3.63) is 34.9 Å². The lowest BCUT2D eigenvalue weighted by atomic mass is 10.0. The third-order valence-corrected chi connectivity index (χ3v) is 4.05. The van der Waals surface area contributed by atoms with E-state index in [0.29, 0.717) is 5.92 Å². The minimum Gasteiger partial charge on any atom is -0.384 e. The number of hydrogen-bond donors (Lipinski definition) is 1. The van der Waals surface area contributed by atoms with Crippen molar-refractivity contribution in [3.8, 4) is 11.8 Å². The zero-order valence-corrected chi connectivity index (χ0v) is 12.9. The molecule has 0 aliphatic carbocycles. The van der Waals surface area contributed by atoms with Crippen molar-refractivity contribution in [3.63, 3.8) is 0 Å². The number of aliphatic hydroxyl groups is 1. The van der Waals surface area contributed by atoms with E-state index < -0.39 is 0 Å². The van der Waals surface area contributed by atoms with Crippen molar-refractivity contribution in [2.24, 2.45) is 5.92 Å². The molecule has 0 radical (unpaired) electrons. The van der Waals surface area contributed by atoms with Gasteiger partial charge in [-0.2, -0.15) is 0 Å². The Hall–Kier alpha value is -1.79. The molecule has 21 heavy (non-hydrogen) atoms. The van der Waals surface area contributed by atoms with E-state index in [1.807, 2.05) is 30.0 Å². The first-order valence-corrected chi connectivity index (χ1v) is 7.65. The fourth-order valence-corrected chi connectivity index (χ4v) is 2.92. The smallest absolute Gasteiger partial charge is 0.253 e. The van der Waals surface area contributed by atoms with Gasteiger partial charge in [0.25, 0.3) is 5.91 Å². The molecule has 0 aromatic heterocycles. The van der Waals surface area contributed by atoms with Crippen LogP contribution in [-0.4, -0.2) is 35.6 Å². The fourth-order valence-electron chi connectivity index (χ4n) is 2.92. The highest BCUT2D eigenvalue weighted by Gasteiger charge is 2.26. The third kappa shape index (κ3) is 3.86. The van der Waals surface area contributed by atoms with Gasteiger partial charge in [-0.3, -0.25) is 4.79 Å². The van der Waals surface area contributed by atoms with Crippen molar-refractivity contribution < 1.29 is 9.90 Å². The van der Waals surface area contributed by atoms with Gasteiger partial charge in [-0.25, -0.2) is 0 Å². The number of carbonyl (C=O) groups is 1. The fraction of sp³-hybridized carbons (Fsp3) is 0.500. The van der Waals surface area contributed by atoms with Gasteiger partial charge in [0, 0.05) is 24.2 Å². The van der Waals surface area contributed by atoms with Crippen LogP contribution in [0.25, 0.3) is 0 Å². The van der Waals surface area contributed by atoms with Gasteiger partial charge in [0.05, 0.1) is 0 Å². The molecule has 1 heterocycles. The first-order valence-electron chi connectivity index (χ1n) is 7.65. The third-order valence-electron chi connectivity index (χ3n) is 4.05. The van der Waals surface area contributed by atoms with Gasteiger partial charge in [0.15, 0.2) is 0 Å². The molecule has 0 saturated carbocycles. The second-order valence-electron chi connectivity index (χ2n) is 5.68. The maximum Gasteiger partial charge on any atom is 0.253 e. The molecule has 1 saturated heterocycles. The molecular weight excluding hydrogens is 262 g/mol. The average molecular weight is 285 g/mol. The Kier molecular flexibility index (Phi) is 5.41. The number of carbonyl (C=O) groups excluding carboxylic acids is 1. The van der Waals surface area contributed by atoms with E-state index in [4.69, 9.17) is 5.11 Å². The lowest BCUT2D eigenvalue weighted by Gasteiger charge is -2.17. The number of nitrogens with zero attached hydrogens (tertiary/aromatic N) is 1. The monoisotopic (exact) mass is 285 g/mol. The Balaban J connectivity index is 2.08. The molecule has 0 bridgehead atoms. The number of benzene rings is 1. The van der Waals surface area contributed by atoms with E-state index in [2.05, 4.69) is 18.8 Å². The van der Waals surface area contributed by atoms with Crippen LogP contribution in [0.15, 0.2) is 18.2 Å². The summed E-state index contributed by atoms with van der Waals surface area (Å²) in [7, 11) is 0. The SMILES string of the molecule is CCCC1CCN(C(=O)c2ccc(C#CCO)c(C)c2)C1. The van der Waals surface area contributed by atoms with Crippen LogP contribution in [0.1, 0.15) is 47.7 Å².